The number of carbonyl (C=O) groups is 1. The summed E-state index contributed by atoms with van der Waals surface area (Å²) in [5, 5.41) is 0. The quantitative estimate of drug-likeness (QED) is 0.682. The number of piperazine rings is 1. The maximum Gasteiger partial charge on any atom is 0.254 e. The molecule has 7 nitrogen and oxygen atoms in total. The number of amides is 1. The minimum absolute atomic E-state index is 0.0252. The lowest BCUT2D eigenvalue weighted by Gasteiger charge is -2.38. The molecule has 1 saturated heterocycles. The Morgan fingerprint density at radius 2 is 1.69 bits per heavy atom. The smallest absolute Gasteiger partial charge is 0.254 e. The van der Waals surface area contributed by atoms with E-state index in [-0.39, 0.29) is 5.91 Å². The van der Waals surface area contributed by atoms with Crippen LogP contribution in [0.4, 0.5) is 5.82 Å². The Hall–Kier alpha value is -3.06. The zero-order chi connectivity index (χ0) is 20.4. The molecule has 0 N–H and O–H groups in total. The van der Waals surface area contributed by atoms with Crippen LogP contribution in [0.15, 0.2) is 48.9 Å². The van der Waals surface area contributed by atoms with E-state index < -0.39 is 0 Å². The zero-order valence-electron chi connectivity index (χ0n) is 17.1. The molecule has 2 aromatic heterocycles. The average molecular weight is 390 g/mol. The summed E-state index contributed by atoms with van der Waals surface area (Å²) < 4.78 is 0. The van der Waals surface area contributed by atoms with Crippen molar-refractivity contribution in [2.45, 2.75) is 13.0 Å². The van der Waals surface area contributed by atoms with E-state index in [1.165, 1.54) is 5.56 Å². The van der Waals surface area contributed by atoms with E-state index in [2.05, 4.69) is 43.8 Å². The van der Waals surface area contributed by atoms with Gasteiger partial charge in [0.15, 0.2) is 0 Å². The van der Waals surface area contributed by atoms with Crippen molar-refractivity contribution in [3.05, 3.63) is 60.0 Å². The lowest BCUT2D eigenvalue weighted by Crippen LogP contribution is -2.47. The summed E-state index contributed by atoms with van der Waals surface area (Å²) in [4.78, 5) is 31.6. The molecule has 0 aliphatic carbocycles. The van der Waals surface area contributed by atoms with Crippen LogP contribution in [0.1, 0.15) is 28.9 Å². The van der Waals surface area contributed by atoms with Crippen LogP contribution < -0.4 is 4.90 Å². The van der Waals surface area contributed by atoms with Gasteiger partial charge in [0.25, 0.3) is 5.91 Å². The predicted molar refractivity (Wildman–Crippen MR) is 114 cm³/mol. The van der Waals surface area contributed by atoms with Crippen LogP contribution in [0, 0.1) is 0 Å². The van der Waals surface area contributed by atoms with Gasteiger partial charge in [0.05, 0.1) is 16.6 Å². The standard InChI is InChI=1S/C22H26N6O/c1-16(17-4-6-19-20(14-17)24-9-8-23-19)27-10-12-28(13-11-27)21-7-5-18(15-25-21)22(29)26(2)3/h4-9,14-16H,10-13H2,1-3H3. The highest BCUT2D eigenvalue weighted by Gasteiger charge is 2.23. The van der Waals surface area contributed by atoms with Gasteiger partial charge in [-0.3, -0.25) is 19.7 Å². The first-order valence-electron chi connectivity index (χ1n) is 9.90. The molecule has 1 unspecified atom stereocenters. The van der Waals surface area contributed by atoms with Crippen LogP contribution in [0.2, 0.25) is 0 Å². The summed E-state index contributed by atoms with van der Waals surface area (Å²) in [6.45, 7) is 5.98. The van der Waals surface area contributed by atoms with E-state index in [0.29, 0.717) is 11.6 Å². The normalized spacial score (nSPS) is 16.0. The van der Waals surface area contributed by atoms with Crippen LogP contribution >= 0.6 is 0 Å². The molecule has 1 aliphatic heterocycles. The summed E-state index contributed by atoms with van der Waals surface area (Å²) in [5.41, 5.74) is 3.74. The molecule has 0 bridgehead atoms. The van der Waals surface area contributed by atoms with Crippen molar-refractivity contribution in [3.8, 4) is 0 Å². The molecule has 4 rings (SSSR count). The van der Waals surface area contributed by atoms with Gasteiger partial charge >= 0.3 is 0 Å². The van der Waals surface area contributed by atoms with E-state index in [0.717, 1.165) is 43.0 Å². The number of carbonyl (C=O) groups excluding carboxylic acids is 1. The fourth-order valence-electron chi connectivity index (χ4n) is 3.75. The summed E-state index contributed by atoms with van der Waals surface area (Å²) in [6, 6.07) is 10.5. The highest BCUT2D eigenvalue weighted by Crippen LogP contribution is 2.25. The number of anilines is 1. The Kier molecular flexibility index (Phi) is 5.40. The fourth-order valence-corrected chi connectivity index (χ4v) is 3.75. The number of fused-ring (bicyclic) bond motifs is 1. The highest BCUT2D eigenvalue weighted by molar-refractivity contribution is 5.93. The second-order valence-electron chi connectivity index (χ2n) is 7.61. The van der Waals surface area contributed by atoms with Crippen molar-refractivity contribution in [3.63, 3.8) is 0 Å². The first kappa shape index (κ1) is 19.3. The van der Waals surface area contributed by atoms with E-state index in [1.807, 2.05) is 18.2 Å². The topological polar surface area (TPSA) is 65.5 Å². The Morgan fingerprint density at radius 3 is 2.34 bits per heavy atom. The summed E-state index contributed by atoms with van der Waals surface area (Å²) in [7, 11) is 3.50. The SMILES string of the molecule is CC(c1ccc2nccnc2c1)N1CCN(c2ccc(C(=O)N(C)C)cn2)CC1. The Morgan fingerprint density at radius 1 is 0.966 bits per heavy atom. The molecule has 1 aliphatic rings. The molecule has 150 valence electrons. The molecule has 1 atom stereocenters. The monoisotopic (exact) mass is 390 g/mol. The molecule has 0 radical (unpaired) electrons. The van der Waals surface area contributed by atoms with E-state index in [9.17, 15) is 4.79 Å². The number of rotatable bonds is 4. The van der Waals surface area contributed by atoms with E-state index >= 15 is 0 Å². The van der Waals surface area contributed by atoms with Gasteiger partial charge < -0.3 is 9.80 Å². The van der Waals surface area contributed by atoms with Crippen molar-refractivity contribution in [1.29, 1.82) is 0 Å². The van der Waals surface area contributed by atoms with Crippen molar-refractivity contribution < 1.29 is 4.79 Å². The average Bonchev–Trinajstić information content (AvgIpc) is 2.78. The molecule has 0 spiro atoms. The minimum Gasteiger partial charge on any atom is -0.354 e. The van der Waals surface area contributed by atoms with Crippen LogP contribution in [0.25, 0.3) is 11.0 Å². The number of benzene rings is 1. The third-order valence-corrected chi connectivity index (χ3v) is 5.56. The molecule has 3 heterocycles. The number of hydrogen-bond acceptors (Lipinski definition) is 6. The molecular weight excluding hydrogens is 364 g/mol. The van der Waals surface area contributed by atoms with Crippen molar-refractivity contribution in [2.75, 3.05) is 45.2 Å². The maximum absolute atomic E-state index is 12.0. The van der Waals surface area contributed by atoms with Crippen molar-refractivity contribution in [2.24, 2.45) is 0 Å². The van der Waals surface area contributed by atoms with Gasteiger partial charge in [0.1, 0.15) is 5.82 Å². The first-order chi connectivity index (χ1) is 14.0. The largest absolute Gasteiger partial charge is 0.354 e. The maximum atomic E-state index is 12.0. The van der Waals surface area contributed by atoms with Crippen molar-refractivity contribution >= 4 is 22.8 Å². The van der Waals surface area contributed by atoms with Gasteiger partial charge in [-0.15, -0.1) is 0 Å². The first-order valence-corrected chi connectivity index (χ1v) is 9.90. The Bertz CT molecular complexity index is 996. The summed E-state index contributed by atoms with van der Waals surface area (Å²) >= 11 is 0. The lowest BCUT2D eigenvalue weighted by atomic mass is 10.0. The number of nitrogens with zero attached hydrogens (tertiary/aromatic N) is 6. The Balaban J connectivity index is 1.40. The zero-order valence-corrected chi connectivity index (χ0v) is 17.1. The third kappa shape index (κ3) is 4.05. The van der Waals surface area contributed by atoms with Gasteiger partial charge in [-0.1, -0.05) is 6.07 Å². The predicted octanol–water partition coefficient (Wildman–Crippen LogP) is 2.61. The molecule has 1 aromatic carbocycles. The fraction of sp³-hybridized carbons (Fsp3) is 0.364. The second kappa shape index (κ2) is 8.13. The summed E-state index contributed by atoms with van der Waals surface area (Å²) in [6.07, 6.45) is 5.13. The van der Waals surface area contributed by atoms with Gasteiger partial charge in [-0.2, -0.15) is 0 Å². The molecule has 29 heavy (non-hydrogen) atoms. The van der Waals surface area contributed by atoms with Gasteiger partial charge in [0.2, 0.25) is 0 Å². The van der Waals surface area contributed by atoms with Crippen LogP contribution in [0.5, 0.6) is 0 Å². The van der Waals surface area contributed by atoms with E-state index in [1.54, 1.807) is 37.6 Å². The molecule has 3 aromatic rings. The lowest BCUT2D eigenvalue weighted by molar-refractivity contribution is 0.0827. The molecule has 0 saturated carbocycles. The highest BCUT2D eigenvalue weighted by atomic mass is 16.2. The number of aromatic nitrogens is 3. The second-order valence-corrected chi connectivity index (χ2v) is 7.61. The van der Waals surface area contributed by atoms with Gasteiger partial charge in [-0.25, -0.2) is 4.98 Å². The molecule has 7 heteroatoms. The van der Waals surface area contributed by atoms with Crippen LogP contribution in [-0.4, -0.2) is 70.9 Å². The number of pyridine rings is 1. The Labute approximate surface area is 171 Å². The van der Waals surface area contributed by atoms with Crippen LogP contribution in [0.3, 0.4) is 0 Å². The van der Waals surface area contributed by atoms with Gasteiger partial charge in [0, 0.05) is 64.9 Å². The number of hydrogen-bond donors (Lipinski definition) is 0. The van der Waals surface area contributed by atoms with Gasteiger partial charge in [-0.05, 0) is 36.8 Å². The van der Waals surface area contributed by atoms with Crippen molar-refractivity contribution in [1.82, 2.24) is 24.8 Å². The third-order valence-electron chi connectivity index (χ3n) is 5.56. The van der Waals surface area contributed by atoms with Crippen LogP contribution in [-0.2, 0) is 0 Å². The molecule has 1 fully saturated rings. The molecular formula is C22H26N6O. The minimum atomic E-state index is -0.0252. The summed E-state index contributed by atoms with van der Waals surface area (Å²) in [5.74, 6) is 0.899. The molecule has 1 amide bonds. The van der Waals surface area contributed by atoms with E-state index in [4.69, 9.17) is 0 Å².